The SMILES string of the molecule is CCCCC/C=C\C\C=C/C=C/C=C/[C@H](SC[C@H](N)C(=O)O)[C@H](O)CCCC(=O)OC. The minimum absolute atomic E-state index is 0.187. The highest BCUT2D eigenvalue weighted by atomic mass is 32.2. The average Bonchev–Trinajstić information content (AvgIpc) is 2.75. The van der Waals surface area contributed by atoms with Gasteiger partial charge in [0.1, 0.15) is 6.04 Å². The molecule has 0 unspecified atom stereocenters. The van der Waals surface area contributed by atoms with Gasteiger partial charge in [0.15, 0.2) is 0 Å². The summed E-state index contributed by atoms with van der Waals surface area (Å²) in [5.41, 5.74) is 5.58. The number of hydrogen-bond donors (Lipinski definition) is 3. The van der Waals surface area contributed by atoms with Crippen LogP contribution in [0.1, 0.15) is 58.3 Å². The molecule has 0 radical (unpaired) electrons. The number of esters is 1. The fourth-order valence-electron chi connectivity index (χ4n) is 2.57. The Morgan fingerprint density at radius 1 is 1.06 bits per heavy atom. The first-order valence-electron chi connectivity index (χ1n) is 10.9. The van der Waals surface area contributed by atoms with Crippen molar-refractivity contribution in [1.82, 2.24) is 0 Å². The summed E-state index contributed by atoms with van der Waals surface area (Å²) >= 11 is 1.29. The van der Waals surface area contributed by atoms with E-state index in [1.165, 1.54) is 38.1 Å². The van der Waals surface area contributed by atoms with Gasteiger partial charge in [-0.1, -0.05) is 68.4 Å². The predicted octanol–water partition coefficient (Wildman–Crippen LogP) is 4.40. The number of aliphatic carboxylic acids is 1. The number of rotatable bonds is 18. The maximum Gasteiger partial charge on any atom is 0.321 e. The van der Waals surface area contributed by atoms with Crippen LogP contribution >= 0.6 is 11.8 Å². The topological polar surface area (TPSA) is 110 Å². The van der Waals surface area contributed by atoms with Crippen LogP contribution in [0.3, 0.4) is 0 Å². The second-order valence-electron chi connectivity index (χ2n) is 7.18. The molecule has 3 atom stereocenters. The summed E-state index contributed by atoms with van der Waals surface area (Å²) < 4.78 is 4.61. The predicted molar refractivity (Wildman–Crippen MR) is 129 cm³/mol. The molecule has 0 fully saturated rings. The number of carboxylic acids is 1. The molecule has 0 aliphatic carbocycles. The maximum absolute atomic E-state index is 11.2. The molecule has 0 aromatic carbocycles. The van der Waals surface area contributed by atoms with Gasteiger partial charge in [0.05, 0.1) is 13.2 Å². The van der Waals surface area contributed by atoms with Gasteiger partial charge >= 0.3 is 11.9 Å². The first-order valence-corrected chi connectivity index (χ1v) is 12.0. The number of aliphatic hydroxyl groups excluding tert-OH is 1. The van der Waals surface area contributed by atoms with Crippen LogP contribution in [-0.2, 0) is 14.3 Å². The number of aliphatic hydroxyl groups is 1. The van der Waals surface area contributed by atoms with Gasteiger partial charge in [0.25, 0.3) is 0 Å². The number of carbonyl (C=O) groups is 2. The first kappa shape index (κ1) is 29.2. The van der Waals surface area contributed by atoms with Gasteiger partial charge in [-0.25, -0.2) is 0 Å². The molecule has 0 aliphatic rings. The molecular formula is C24H39NO5S. The number of nitrogens with two attached hydrogens (primary N) is 1. The second kappa shape index (κ2) is 20.1. The summed E-state index contributed by atoms with van der Waals surface area (Å²) in [7, 11) is 1.33. The Hall–Kier alpha value is -1.83. The highest BCUT2D eigenvalue weighted by Crippen LogP contribution is 2.21. The van der Waals surface area contributed by atoms with Crippen molar-refractivity contribution in [2.45, 2.75) is 75.7 Å². The van der Waals surface area contributed by atoms with E-state index in [1.807, 2.05) is 30.4 Å². The molecule has 0 aromatic rings. The molecule has 0 aliphatic heterocycles. The first-order chi connectivity index (χ1) is 14.9. The minimum atomic E-state index is -1.07. The smallest absolute Gasteiger partial charge is 0.321 e. The van der Waals surface area contributed by atoms with Gasteiger partial charge in [0, 0.05) is 17.4 Å². The normalized spacial score (nSPS) is 15.2. The van der Waals surface area contributed by atoms with Gasteiger partial charge in [-0.3, -0.25) is 9.59 Å². The Morgan fingerprint density at radius 2 is 1.81 bits per heavy atom. The average molecular weight is 454 g/mol. The van der Waals surface area contributed by atoms with Crippen LogP contribution in [0.5, 0.6) is 0 Å². The lowest BCUT2D eigenvalue weighted by Crippen LogP contribution is -2.34. The van der Waals surface area contributed by atoms with Crippen LogP contribution in [0.25, 0.3) is 0 Å². The molecule has 4 N–H and O–H groups in total. The third-order valence-electron chi connectivity index (χ3n) is 4.46. The third kappa shape index (κ3) is 17.5. The van der Waals surface area contributed by atoms with Crippen molar-refractivity contribution in [2.24, 2.45) is 5.73 Å². The monoisotopic (exact) mass is 453 g/mol. The minimum Gasteiger partial charge on any atom is -0.480 e. The summed E-state index contributed by atoms with van der Waals surface area (Å²) in [6, 6.07) is -0.989. The Labute approximate surface area is 191 Å². The number of hydrogen-bond acceptors (Lipinski definition) is 6. The van der Waals surface area contributed by atoms with Crippen LogP contribution in [0, 0.1) is 0 Å². The van der Waals surface area contributed by atoms with Gasteiger partial charge in [-0.05, 0) is 32.1 Å². The van der Waals surface area contributed by atoms with E-state index in [0.717, 1.165) is 12.8 Å². The van der Waals surface area contributed by atoms with Gasteiger partial charge in [0.2, 0.25) is 0 Å². The van der Waals surface area contributed by atoms with Crippen LogP contribution in [0.2, 0.25) is 0 Å². The Morgan fingerprint density at radius 3 is 2.48 bits per heavy atom. The fraction of sp³-hybridized carbons (Fsp3) is 0.583. The summed E-state index contributed by atoms with van der Waals surface area (Å²) in [4.78, 5) is 22.2. The summed E-state index contributed by atoms with van der Waals surface area (Å²) in [6.45, 7) is 2.20. The molecule has 0 rings (SSSR count). The second-order valence-corrected chi connectivity index (χ2v) is 8.39. The van der Waals surface area contributed by atoms with Crippen LogP contribution in [0.15, 0.2) is 48.6 Å². The van der Waals surface area contributed by atoms with Crippen LogP contribution in [-0.4, -0.2) is 52.4 Å². The molecule has 7 heteroatoms. The molecule has 6 nitrogen and oxygen atoms in total. The van der Waals surface area contributed by atoms with E-state index in [9.17, 15) is 14.7 Å². The largest absolute Gasteiger partial charge is 0.480 e. The third-order valence-corrected chi connectivity index (χ3v) is 5.86. The van der Waals surface area contributed by atoms with Crippen molar-refractivity contribution in [1.29, 1.82) is 0 Å². The molecule has 0 saturated carbocycles. The molecule has 0 spiro atoms. The number of allylic oxidation sites excluding steroid dienone is 7. The maximum atomic E-state index is 11.2. The molecule has 0 heterocycles. The lowest BCUT2D eigenvalue weighted by molar-refractivity contribution is -0.141. The molecule has 0 saturated heterocycles. The highest BCUT2D eigenvalue weighted by Gasteiger charge is 2.20. The van der Waals surface area contributed by atoms with E-state index in [1.54, 1.807) is 0 Å². The molecular weight excluding hydrogens is 414 g/mol. The number of ether oxygens (including phenoxy) is 1. The Balaban J connectivity index is 4.55. The van der Waals surface area contributed by atoms with Crippen LogP contribution < -0.4 is 5.73 Å². The standard InChI is InChI=1S/C24H39NO5S/c1-3-4-5-6-7-8-9-10-11-12-13-14-17-22(31-19-20(25)24(28)29)21(26)16-15-18-23(27)30-2/h7-8,10-14,17,20-22,26H,3-6,9,15-16,18-19,25H2,1-2H3,(H,28,29)/b8-7-,11-10-,13-12+,17-14+/t20-,21+,22-/m0/s1. The van der Waals surface area contributed by atoms with E-state index in [2.05, 4.69) is 29.9 Å². The lowest BCUT2D eigenvalue weighted by atomic mass is 10.1. The highest BCUT2D eigenvalue weighted by molar-refractivity contribution is 8.00. The van der Waals surface area contributed by atoms with E-state index >= 15 is 0 Å². The van der Waals surface area contributed by atoms with Gasteiger partial charge in [-0.15, -0.1) is 11.8 Å². The summed E-state index contributed by atoms with van der Waals surface area (Å²) in [5.74, 6) is -1.20. The molecule has 31 heavy (non-hydrogen) atoms. The van der Waals surface area contributed by atoms with Crippen molar-refractivity contribution in [2.75, 3.05) is 12.9 Å². The van der Waals surface area contributed by atoms with E-state index in [-0.39, 0.29) is 23.4 Å². The molecule has 176 valence electrons. The quantitative estimate of drug-likeness (QED) is 0.122. The van der Waals surface area contributed by atoms with Crippen molar-refractivity contribution >= 4 is 23.7 Å². The number of thioether (sulfide) groups is 1. The lowest BCUT2D eigenvalue weighted by Gasteiger charge is -2.20. The van der Waals surface area contributed by atoms with Crippen molar-refractivity contribution < 1.29 is 24.5 Å². The molecule has 0 bridgehead atoms. The molecule has 0 aromatic heterocycles. The van der Waals surface area contributed by atoms with E-state index in [4.69, 9.17) is 10.8 Å². The Bertz CT molecular complexity index is 601. The zero-order chi connectivity index (χ0) is 23.3. The summed E-state index contributed by atoms with van der Waals surface area (Å²) in [6.07, 6.45) is 22.1. The zero-order valence-corrected chi connectivity index (χ0v) is 19.6. The number of carbonyl (C=O) groups excluding carboxylic acids is 1. The number of methoxy groups -OCH3 is 1. The van der Waals surface area contributed by atoms with E-state index in [0.29, 0.717) is 12.8 Å². The van der Waals surface area contributed by atoms with E-state index < -0.39 is 18.1 Å². The van der Waals surface area contributed by atoms with Crippen molar-refractivity contribution in [3.63, 3.8) is 0 Å². The number of carboxylic acid groups (broad SMARTS) is 1. The zero-order valence-electron chi connectivity index (χ0n) is 18.8. The fourth-order valence-corrected chi connectivity index (χ4v) is 3.70. The van der Waals surface area contributed by atoms with Crippen molar-refractivity contribution in [3.05, 3.63) is 48.6 Å². The number of unbranched alkanes of at least 4 members (excludes halogenated alkanes) is 3. The van der Waals surface area contributed by atoms with Gasteiger partial charge in [-0.2, -0.15) is 0 Å². The van der Waals surface area contributed by atoms with Gasteiger partial charge < -0.3 is 20.7 Å². The van der Waals surface area contributed by atoms with Crippen LogP contribution in [0.4, 0.5) is 0 Å². The molecule has 0 amide bonds. The Kier molecular flexibility index (Phi) is 18.9. The summed E-state index contributed by atoms with van der Waals surface area (Å²) in [5, 5.41) is 19.1. The van der Waals surface area contributed by atoms with Crippen molar-refractivity contribution in [3.8, 4) is 0 Å².